The Morgan fingerprint density at radius 3 is 2.23 bits per heavy atom. The Morgan fingerprint density at radius 2 is 1.62 bits per heavy atom. The number of rotatable bonds is 3. The van der Waals surface area contributed by atoms with Crippen LogP contribution in [-0.2, 0) is 10.0 Å². The lowest BCUT2D eigenvalue weighted by Crippen LogP contribution is -2.50. The zero-order valence-electron chi connectivity index (χ0n) is 13.5. The fraction of sp³-hybridized carbons (Fsp3) is 0.235. The minimum absolute atomic E-state index is 0.0201. The van der Waals surface area contributed by atoms with Crippen LogP contribution >= 0.6 is 23.2 Å². The van der Waals surface area contributed by atoms with Crippen LogP contribution in [0.2, 0.25) is 10.0 Å². The third-order valence-corrected chi connectivity index (χ3v) is 6.79. The minimum Gasteiger partial charge on any atom is -0.336 e. The molecule has 0 aliphatic carbocycles. The molecule has 0 spiro atoms. The molecule has 1 heterocycles. The van der Waals surface area contributed by atoms with Crippen LogP contribution < -0.4 is 0 Å². The number of carbonyl (C=O) groups excluding carboxylic acids is 1. The van der Waals surface area contributed by atoms with Crippen molar-refractivity contribution < 1.29 is 17.6 Å². The van der Waals surface area contributed by atoms with E-state index < -0.39 is 21.7 Å². The van der Waals surface area contributed by atoms with E-state index in [0.29, 0.717) is 0 Å². The minimum atomic E-state index is -3.75. The first-order valence-electron chi connectivity index (χ1n) is 7.80. The second kappa shape index (κ2) is 7.52. The molecular formula is C17H15Cl2FN2O3S. The molecule has 5 nitrogen and oxygen atoms in total. The maximum absolute atomic E-state index is 13.8. The second-order valence-corrected chi connectivity index (χ2v) is 8.50. The quantitative estimate of drug-likeness (QED) is 0.771. The van der Waals surface area contributed by atoms with Crippen molar-refractivity contribution in [1.29, 1.82) is 0 Å². The standard InChI is InChI=1S/C17H15Cl2FN2O3S/c18-14-6-5-12(11-15(14)19)26(24,25)22-9-7-21(8-10-22)17(23)13-3-1-2-4-16(13)20/h1-6,11H,7-10H2. The Labute approximate surface area is 161 Å². The summed E-state index contributed by atoms with van der Waals surface area (Å²) in [7, 11) is -3.75. The molecule has 138 valence electrons. The molecule has 9 heteroatoms. The summed E-state index contributed by atoms with van der Waals surface area (Å²) < 4.78 is 40.5. The molecule has 1 aliphatic heterocycles. The van der Waals surface area contributed by atoms with E-state index in [1.807, 2.05) is 0 Å². The van der Waals surface area contributed by atoms with Gasteiger partial charge in [0.05, 0.1) is 20.5 Å². The molecule has 0 radical (unpaired) electrons. The highest BCUT2D eigenvalue weighted by atomic mass is 35.5. The average Bonchev–Trinajstić information content (AvgIpc) is 2.64. The molecule has 1 aliphatic rings. The lowest BCUT2D eigenvalue weighted by Gasteiger charge is -2.34. The fourth-order valence-electron chi connectivity index (χ4n) is 2.72. The highest BCUT2D eigenvalue weighted by Crippen LogP contribution is 2.27. The zero-order valence-corrected chi connectivity index (χ0v) is 15.9. The van der Waals surface area contributed by atoms with Crippen LogP contribution in [0.5, 0.6) is 0 Å². The van der Waals surface area contributed by atoms with Crippen molar-refractivity contribution in [3.05, 3.63) is 63.9 Å². The topological polar surface area (TPSA) is 57.7 Å². The van der Waals surface area contributed by atoms with Gasteiger partial charge in [0.2, 0.25) is 10.0 Å². The van der Waals surface area contributed by atoms with Gasteiger partial charge in [-0.3, -0.25) is 4.79 Å². The number of amides is 1. The van der Waals surface area contributed by atoms with E-state index >= 15 is 0 Å². The predicted octanol–water partition coefficient (Wildman–Crippen LogP) is 3.28. The molecule has 2 aromatic rings. The summed E-state index contributed by atoms with van der Waals surface area (Å²) in [6, 6.07) is 9.84. The molecule has 1 fully saturated rings. The van der Waals surface area contributed by atoms with Crippen LogP contribution in [0.25, 0.3) is 0 Å². The van der Waals surface area contributed by atoms with Crippen molar-refractivity contribution in [2.45, 2.75) is 4.90 Å². The van der Waals surface area contributed by atoms with E-state index in [4.69, 9.17) is 23.2 Å². The number of benzene rings is 2. The third kappa shape index (κ3) is 3.71. The van der Waals surface area contributed by atoms with Crippen LogP contribution in [0.1, 0.15) is 10.4 Å². The summed E-state index contributed by atoms with van der Waals surface area (Å²) in [6.07, 6.45) is 0. The van der Waals surface area contributed by atoms with Crippen LogP contribution in [0, 0.1) is 5.82 Å². The van der Waals surface area contributed by atoms with E-state index in [9.17, 15) is 17.6 Å². The number of hydrogen-bond acceptors (Lipinski definition) is 3. The molecule has 0 unspecified atom stereocenters. The molecule has 3 rings (SSSR count). The van der Waals surface area contributed by atoms with Crippen LogP contribution in [-0.4, -0.2) is 49.7 Å². The summed E-state index contributed by atoms with van der Waals surface area (Å²) in [5.41, 5.74) is -0.0201. The second-order valence-electron chi connectivity index (χ2n) is 5.75. The molecule has 0 aromatic heterocycles. The Hall–Kier alpha value is -1.67. The van der Waals surface area contributed by atoms with Gasteiger partial charge in [-0.25, -0.2) is 12.8 Å². The number of carbonyl (C=O) groups is 1. The van der Waals surface area contributed by atoms with Gasteiger partial charge in [0, 0.05) is 26.2 Å². The normalized spacial score (nSPS) is 15.9. The first-order chi connectivity index (χ1) is 12.3. The summed E-state index contributed by atoms with van der Waals surface area (Å²) in [6.45, 7) is 0.576. The summed E-state index contributed by atoms with van der Waals surface area (Å²) in [5, 5.41) is 0.423. The highest BCUT2D eigenvalue weighted by molar-refractivity contribution is 7.89. The van der Waals surface area contributed by atoms with Crippen molar-refractivity contribution in [2.75, 3.05) is 26.2 Å². The Kier molecular flexibility index (Phi) is 5.53. The number of nitrogens with zero attached hydrogens (tertiary/aromatic N) is 2. The third-order valence-electron chi connectivity index (χ3n) is 4.16. The predicted molar refractivity (Wildman–Crippen MR) is 97.5 cm³/mol. The van der Waals surface area contributed by atoms with Crippen molar-refractivity contribution >= 4 is 39.1 Å². The lowest BCUT2D eigenvalue weighted by atomic mass is 10.1. The lowest BCUT2D eigenvalue weighted by molar-refractivity contribution is 0.0693. The summed E-state index contributed by atoms with van der Waals surface area (Å²) in [4.78, 5) is 13.9. The van der Waals surface area contributed by atoms with E-state index in [1.54, 1.807) is 6.07 Å². The van der Waals surface area contributed by atoms with Crippen molar-refractivity contribution in [3.63, 3.8) is 0 Å². The average molecular weight is 417 g/mol. The molecular weight excluding hydrogens is 402 g/mol. The Morgan fingerprint density at radius 1 is 0.962 bits per heavy atom. The molecule has 0 N–H and O–H groups in total. The Bertz CT molecular complexity index is 945. The molecule has 0 bridgehead atoms. The van der Waals surface area contributed by atoms with Gasteiger partial charge in [0.15, 0.2) is 0 Å². The van der Waals surface area contributed by atoms with Gasteiger partial charge < -0.3 is 4.90 Å². The van der Waals surface area contributed by atoms with Crippen LogP contribution in [0.15, 0.2) is 47.4 Å². The van der Waals surface area contributed by atoms with Crippen molar-refractivity contribution in [3.8, 4) is 0 Å². The number of halogens is 3. The summed E-state index contributed by atoms with van der Waals surface area (Å²) in [5.74, 6) is -1.04. The van der Waals surface area contributed by atoms with E-state index in [2.05, 4.69) is 0 Å². The fourth-order valence-corrected chi connectivity index (χ4v) is 4.53. The molecule has 26 heavy (non-hydrogen) atoms. The zero-order chi connectivity index (χ0) is 18.9. The van der Waals surface area contributed by atoms with Gasteiger partial charge in [0.1, 0.15) is 5.82 Å². The van der Waals surface area contributed by atoms with Gasteiger partial charge in [-0.2, -0.15) is 4.31 Å². The molecule has 1 saturated heterocycles. The highest BCUT2D eigenvalue weighted by Gasteiger charge is 2.31. The maximum Gasteiger partial charge on any atom is 0.256 e. The van der Waals surface area contributed by atoms with Crippen molar-refractivity contribution in [1.82, 2.24) is 9.21 Å². The van der Waals surface area contributed by atoms with E-state index in [1.165, 1.54) is 45.6 Å². The van der Waals surface area contributed by atoms with Gasteiger partial charge in [-0.05, 0) is 30.3 Å². The van der Waals surface area contributed by atoms with Gasteiger partial charge in [-0.15, -0.1) is 0 Å². The SMILES string of the molecule is O=C(c1ccccc1F)N1CCN(S(=O)(=O)c2ccc(Cl)c(Cl)c2)CC1. The Balaban J connectivity index is 1.72. The first kappa shape index (κ1) is 19.1. The van der Waals surface area contributed by atoms with E-state index in [-0.39, 0.29) is 46.7 Å². The van der Waals surface area contributed by atoms with Crippen molar-refractivity contribution in [2.24, 2.45) is 0 Å². The number of piperazine rings is 1. The maximum atomic E-state index is 13.8. The van der Waals surface area contributed by atoms with Gasteiger partial charge in [-0.1, -0.05) is 35.3 Å². The smallest absolute Gasteiger partial charge is 0.256 e. The number of sulfonamides is 1. The van der Waals surface area contributed by atoms with Gasteiger partial charge >= 0.3 is 0 Å². The van der Waals surface area contributed by atoms with Gasteiger partial charge in [0.25, 0.3) is 5.91 Å². The number of hydrogen-bond donors (Lipinski definition) is 0. The molecule has 0 saturated carbocycles. The first-order valence-corrected chi connectivity index (χ1v) is 9.99. The molecule has 0 atom stereocenters. The van der Waals surface area contributed by atoms with E-state index in [0.717, 1.165) is 0 Å². The molecule has 2 aromatic carbocycles. The van der Waals surface area contributed by atoms with Crippen LogP contribution in [0.3, 0.4) is 0 Å². The summed E-state index contributed by atoms with van der Waals surface area (Å²) >= 11 is 11.7. The monoisotopic (exact) mass is 416 g/mol. The van der Waals surface area contributed by atoms with Crippen LogP contribution in [0.4, 0.5) is 4.39 Å². The largest absolute Gasteiger partial charge is 0.336 e. The molecule has 1 amide bonds.